The molecular formula is C33H37ClN6O6S. The van der Waals surface area contributed by atoms with E-state index in [9.17, 15) is 19.5 Å². The molecule has 3 amide bonds. The third-order valence-corrected chi connectivity index (χ3v) is 10.1. The van der Waals surface area contributed by atoms with Gasteiger partial charge in [-0.25, -0.2) is 14.8 Å². The van der Waals surface area contributed by atoms with Gasteiger partial charge in [0, 0.05) is 30.4 Å². The van der Waals surface area contributed by atoms with Gasteiger partial charge in [-0.05, 0) is 44.4 Å². The van der Waals surface area contributed by atoms with Crippen molar-refractivity contribution < 1.29 is 29.0 Å². The maximum atomic E-state index is 13.1. The zero-order chi connectivity index (χ0) is 33.9. The Kier molecular flexibility index (Phi) is 9.87. The van der Waals surface area contributed by atoms with Crippen LogP contribution in [0.5, 0.6) is 5.88 Å². The number of nitrogens with two attached hydrogens (primary N) is 1. The molecular weight excluding hydrogens is 644 g/mol. The highest BCUT2D eigenvalue weighted by Crippen LogP contribution is 2.40. The molecule has 4 N–H and O–H groups in total. The summed E-state index contributed by atoms with van der Waals surface area (Å²) in [6.45, 7) is 7.20. The first-order valence-corrected chi connectivity index (χ1v) is 16.2. The topological polar surface area (TPSA) is 160 Å². The number of carbonyl (C=O) groups excluding carboxylic acids is 3. The molecule has 2 aromatic carbocycles. The van der Waals surface area contributed by atoms with E-state index in [1.807, 2.05) is 30.3 Å². The van der Waals surface area contributed by atoms with Crippen LogP contribution < -0.4 is 20.7 Å². The van der Waals surface area contributed by atoms with Gasteiger partial charge < -0.3 is 35.4 Å². The number of primary amides is 1. The predicted molar refractivity (Wildman–Crippen MR) is 179 cm³/mol. The number of aliphatic hydroxyl groups excluding tert-OH is 1. The molecule has 0 aliphatic carbocycles. The van der Waals surface area contributed by atoms with Gasteiger partial charge in [-0.15, -0.1) is 0 Å². The Morgan fingerprint density at radius 1 is 1.11 bits per heavy atom. The Bertz CT molecular complexity index is 1710. The van der Waals surface area contributed by atoms with Crippen molar-refractivity contribution in [2.75, 3.05) is 37.0 Å². The van der Waals surface area contributed by atoms with Crippen molar-refractivity contribution in [3.8, 4) is 5.88 Å². The van der Waals surface area contributed by atoms with Gasteiger partial charge >= 0.3 is 6.09 Å². The molecule has 0 saturated carbocycles. The molecule has 1 aromatic heterocycles. The molecule has 1 fully saturated rings. The molecule has 47 heavy (non-hydrogen) atoms. The van der Waals surface area contributed by atoms with Crippen LogP contribution in [0.3, 0.4) is 0 Å². The minimum Gasteiger partial charge on any atom is -0.509 e. The van der Waals surface area contributed by atoms with Crippen molar-refractivity contribution in [1.29, 1.82) is 0 Å². The summed E-state index contributed by atoms with van der Waals surface area (Å²) in [5.74, 6) is -0.696. The number of amides is 3. The smallest absolute Gasteiger partial charge is 0.404 e. The molecule has 2 aliphatic heterocycles. The van der Waals surface area contributed by atoms with Crippen LogP contribution in [-0.2, 0) is 20.9 Å². The van der Waals surface area contributed by atoms with E-state index in [1.54, 1.807) is 38.2 Å². The highest BCUT2D eigenvalue weighted by molar-refractivity contribution is 7.99. The average Bonchev–Trinajstić information content (AvgIpc) is 3.20. The Morgan fingerprint density at radius 2 is 1.81 bits per heavy atom. The summed E-state index contributed by atoms with van der Waals surface area (Å²) in [7, 11) is 1.52. The molecule has 14 heteroatoms. The SMILES string of the molecule is CN1C(=O)C(C(=O)Nc2cccc(Sc3cnc(N4CCC(C)(COC(N)=O)CC4)c(OCc4ccccc4)n3)c2Cl)=C(O)C1(C)C. The van der Waals surface area contributed by atoms with Crippen molar-refractivity contribution in [3.05, 3.63) is 76.6 Å². The number of hydrogen-bond donors (Lipinski definition) is 3. The summed E-state index contributed by atoms with van der Waals surface area (Å²) in [6.07, 6.45) is 2.35. The minimum absolute atomic E-state index is 0.205. The van der Waals surface area contributed by atoms with Gasteiger partial charge in [-0.1, -0.05) is 66.7 Å². The zero-order valence-corrected chi connectivity index (χ0v) is 28.2. The molecule has 3 aromatic rings. The van der Waals surface area contributed by atoms with Crippen LogP contribution >= 0.6 is 23.4 Å². The van der Waals surface area contributed by atoms with Crippen molar-refractivity contribution >= 4 is 52.8 Å². The van der Waals surface area contributed by atoms with Gasteiger partial charge in [0.05, 0.1) is 29.1 Å². The van der Waals surface area contributed by atoms with E-state index in [-0.39, 0.29) is 40.7 Å². The van der Waals surface area contributed by atoms with Crippen LogP contribution in [0.25, 0.3) is 0 Å². The summed E-state index contributed by atoms with van der Waals surface area (Å²) in [6, 6.07) is 14.8. The second kappa shape index (κ2) is 13.7. The molecule has 3 heterocycles. The van der Waals surface area contributed by atoms with Crippen LogP contribution in [-0.4, -0.2) is 70.2 Å². The number of carbonyl (C=O) groups is 3. The first kappa shape index (κ1) is 33.9. The number of aliphatic hydroxyl groups is 1. The molecule has 0 spiro atoms. The number of piperidine rings is 1. The Morgan fingerprint density at radius 3 is 2.45 bits per heavy atom. The van der Waals surface area contributed by atoms with E-state index in [1.165, 1.54) is 23.7 Å². The fourth-order valence-corrected chi connectivity index (χ4v) is 6.36. The van der Waals surface area contributed by atoms with Gasteiger partial charge in [-0.2, -0.15) is 0 Å². The van der Waals surface area contributed by atoms with Gasteiger partial charge in [0.25, 0.3) is 17.7 Å². The number of likely N-dealkylation sites (N-methyl/N-ethyl adjacent to an activating group) is 1. The Labute approximate surface area is 282 Å². The summed E-state index contributed by atoms with van der Waals surface area (Å²) >= 11 is 7.97. The van der Waals surface area contributed by atoms with Crippen LogP contribution in [0.2, 0.25) is 5.02 Å². The molecule has 12 nitrogen and oxygen atoms in total. The Balaban J connectivity index is 1.36. The van der Waals surface area contributed by atoms with Gasteiger partial charge in [0.2, 0.25) is 0 Å². The summed E-state index contributed by atoms with van der Waals surface area (Å²) in [5.41, 5.74) is 4.88. The van der Waals surface area contributed by atoms with E-state index < -0.39 is 23.4 Å². The van der Waals surface area contributed by atoms with E-state index in [2.05, 4.69) is 17.1 Å². The standard InChI is InChI=1S/C33H37ClN6O6S/c1-32(2)26(41)24(30(43)39(32)4)28(42)37-21-11-8-12-22(25(21)34)47-23-17-36-27(29(38-23)45-18-20-9-6-5-7-10-20)40-15-13-33(3,14-16-40)19-46-31(35)44/h5-12,17,41H,13-16,18-19H2,1-4H3,(H2,35,44)(H,37,42). The molecule has 2 aliphatic rings. The maximum Gasteiger partial charge on any atom is 0.404 e. The first-order chi connectivity index (χ1) is 22.3. The lowest BCUT2D eigenvalue weighted by molar-refractivity contribution is -0.129. The lowest BCUT2D eigenvalue weighted by Crippen LogP contribution is -2.42. The number of hydrogen-bond acceptors (Lipinski definition) is 10. The maximum absolute atomic E-state index is 13.1. The second-order valence-corrected chi connectivity index (χ2v) is 13.8. The molecule has 0 radical (unpaired) electrons. The molecule has 248 valence electrons. The normalized spacial score (nSPS) is 17.1. The fourth-order valence-electron chi connectivity index (χ4n) is 5.26. The number of rotatable bonds is 10. The zero-order valence-electron chi connectivity index (χ0n) is 26.6. The van der Waals surface area contributed by atoms with Crippen molar-refractivity contribution in [2.24, 2.45) is 11.1 Å². The third-order valence-electron chi connectivity index (χ3n) is 8.58. The number of benzene rings is 2. The van der Waals surface area contributed by atoms with Crippen molar-refractivity contribution in [3.63, 3.8) is 0 Å². The highest BCUT2D eigenvalue weighted by Gasteiger charge is 2.46. The molecule has 0 bridgehead atoms. The number of aromatic nitrogens is 2. The lowest BCUT2D eigenvalue weighted by atomic mass is 9.81. The van der Waals surface area contributed by atoms with Gasteiger partial charge in [0.15, 0.2) is 5.82 Å². The van der Waals surface area contributed by atoms with E-state index in [0.717, 1.165) is 18.4 Å². The Hall–Kier alpha value is -4.49. The second-order valence-electron chi connectivity index (χ2n) is 12.3. The number of halogens is 1. The molecule has 1 saturated heterocycles. The number of nitrogens with zero attached hydrogens (tertiary/aromatic N) is 4. The minimum atomic E-state index is -1.01. The van der Waals surface area contributed by atoms with E-state index in [0.29, 0.717) is 34.7 Å². The monoisotopic (exact) mass is 680 g/mol. The molecule has 5 rings (SSSR count). The quantitative estimate of drug-likeness (QED) is 0.231. The van der Waals surface area contributed by atoms with Crippen LogP contribution in [0, 0.1) is 5.41 Å². The van der Waals surface area contributed by atoms with Crippen LogP contribution in [0.15, 0.2) is 76.0 Å². The van der Waals surface area contributed by atoms with Crippen molar-refractivity contribution in [2.45, 2.75) is 55.7 Å². The summed E-state index contributed by atoms with van der Waals surface area (Å²) < 4.78 is 11.3. The molecule has 0 atom stereocenters. The van der Waals surface area contributed by atoms with Crippen LogP contribution in [0.1, 0.15) is 39.2 Å². The first-order valence-electron chi connectivity index (χ1n) is 15.0. The summed E-state index contributed by atoms with van der Waals surface area (Å²) in [4.78, 5) is 50.5. The number of anilines is 2. The van der Waals surface area contributed by atoms with Crippen molar-refractivity contribution in [1.82, 2.24) is 14.9 Å². The predicted octanol–water partition coefficient (Wildman–Crippen LogP) is 5.56. The van der Waals surface area contributed by atoms with Crippen LogP contribution in [0.4, 0.5) is 16.3 Å². The van der Waals surface area contributed by atoms with E-state index >= 15 is 0 Å². The summed E-state index contributed by atoms with van der Waals surface area (Å²) in [5, 5.41) is 14.0. The number of nitrogens with one attached hydrogen (secondary N) is 1. The van der Waals surface area contributed by atoms with Gasteiger partial charge in [0.1, 0.15) is 23.0 Å². The highest BCUT2D eigenvalue weighted by atomic mass is 35.5. The molecule has 0 unspecified atom stereocenters. The third kappa shape index (κ3) is 7.41. The van der Waals surface area contributed by atoms with Gasteiger partial charge in [-0.3, -0.25) is 9.59 Å². The fraction of sp³-hybridized carbons (Fsp3) is 0.364. The number of ether oxygens (including phenoxy) is 2. The lowest BCUT2D eigenvalue weighted by Gasteiger charge is -2.39. The largest absolute Gasteiger partial charge is 0.509 e. The average molecular weight is 681 g/mol. The van der Waals surface area contributed by atoms with E-state index in [4.69, 9.17) is 36.8 Å².